The number of para-hydroxylation sites is 1. The van der Waals surface area contributed by atoms with Crippen molar-refractivity contribution >= 4 is 11.6 Å². The molecule has 0 aliphatic rings. The molecule has 140 valence electrons. The Hall–Kier alpha value is -2.88. The molecule has 0 aliphatic heterocycles. The van der Waals surface area contributed by atoms with Crippen LogP contribution in [0.1, 0.15) is 44.2 Å². The standard InChI is InChI=1S/C23H26N2O2/c1-16-9-11-17(12-10-16)20-15-24-22(27-20)14-13-21(26)25-19-8-6-5-7-18(19)23(2,3)4/h5-12,15H,13-14H2,1-4H3,(H,25,26). The van der Waals surface area contributed by atoms with Gasteiger partial charge in [-0.3, -0.25) is 4.79 Å². The van der Waals surface area contributed by atoms with Crippen molar-refractivity contribution in [1.82, 2.24) is 4.98 Å². The van der Waals surface area contributed by atoms with Crippen LogP contribution >= 0.6 is 0 Å². The number of carbonyl (C=O) groups is 1. The van der Waals surface area contributed by atoms with E-state index in [0.29, 0.717) is 18.7 Å². The van der Waals surface area contributed by atoms with E-state index in [4.69, 9.17) is 4.42 Å². The van der Waals surface area contributed by atoms with E-state index >= 15 is 0 Å². The summed E-state index contributed by atoms with van der Waals surface area (Å²) in [6.45, 7) is 8.46. The average molecular weight is 362 g/mol. The Labute approximate surface area is 160 Å². The van der Waals surface area contributed by atoms with Gasteiger partial charge in [0.05, 0.1) is 6.20 Å². The van der Waals surface area contributed by atoms with Crippen LogP contribution in [0.25, 0.3) is 11.3 Å². The highest BCUT2D eigenvalue weighted by Gasteiger charge is 2.18. The molecule has 1 heterocycles. The van der Waals surface area contributed by atoms with Gasteiger partial charge in [0.15, 0.2) is 11.7 Å². The number of hydrogen-bond donors (Lipinski definition) is 1. The van der Waals surface area contributed by atoms with Gasteiger partial charge in [-0.1, -0.05) is 68.8 Å². The summed E-state index contributed by atoms with van der Waals surface area (Å²) in [4.78, 5) is 16.7. The third-order valence-electron chi connectivity index (χ3n) is 4.46. The van der Waals surface area contributed by atoms with Gasteiger partial charge in [-0.05, 0) is 24.0 Å². The topological polar surface area (TPSA) is 55.1 Å². The van der Waals surface area contributed by atoms with Crippen LogP contribution in [0.3, 0.4) is 0 Å². The van der Waals surface area contributed by atoms with Gasteiger partial charge in [-0.2, -0.15) is 0 Å². The number of amides is 1. The molecule has 0 saturated carbocycles. The summed E-state index contributed by atoms with van der Waals surface area (Å²) >= 11 is 0. The van der Waals surface area contributed by atoms with E-state index in [-0.39, 0.29) is 11.3 Å². The van der Waals surface area contributed by atoms with E-state index in [2.05, 4.69) is 37.1 Å². The minimum atomic E-state index is -0.0400. The maximum atomic E-state index is 12.4. The minimum absolute atomic E-state index is 0.0324. The minimum Gasteiger partial charge on any atom is -0.441 e. The fourth-order valence-electron chi connectivity index (χ4n) is 2.96. The molecule has 27 heavy (non-hydrogen) atoms. The predicted octanol–water partition coefficient (Wildman–Crippen LogP) is 5.52. The van der Waals surface area contributed by atoms with Crippen LogP contribution in [-0.2, 0) is 16.6 Å². The quantitative estimate of drug-likeness (QED) is 0.650. The summed E-state index contributed by atoms with van der Waals surface area (Å²) in [5, 5.41) is 3.02. The Bertz CT molecular complexity index is 918. The first-order chi connectivity index (χ1) is 12.8. The van der Waals surface area contributed by atoms with Gasteiger partial charge < -0.3 is 9.73 Å². The second-order valence-electron chi connectivity index (χ2n) is 7.83. The Morgan fingerprint density at radius 2 is 1.78 bits per heavy atom. The smallest absolute Gasteiger partial charge is 0.224 e. The van der Waals surface area contributed by atoms with Crippen molar-refractivity contribution in [3.05, 3.63) is 71.7 Å². The molecule has 0 saturated heterocycles. The highest BCUT2D eigenvalue weighted by molar-refractivity contribution is 5.91. The molecule has 0 radical (unpaired) electrons. The van der Waals surface area contributed by atoms with Crippen molar-refractivity contribution in [3.8, 4) is 11.3 Å². The largest absolute Gasteiger partial charge is 0.441 e. The second-order valence-corrected chi connectivity index (χ2v) is 7.83. The molecule has 4 nitrogen and oxygen atoms in total. The van der Waals surface area contributed by atoms with E-state index in [1.54, 1.807) is 6.20 Å². The normalized spacial score (nSPS) is 11.4. The fraction of sp³-hybridized carbons (Fsp3) is 0.304. The van der Waals surface area contributed by atoms with Gasteiger partial charge in [0.2, 0.25) is 5.91 Å². The van der Waals surface area contributed by atoms with Gasteiger partial charge in [0, 0.05) is 24.1 Å². The van der Waals surface area contributed by atoms with Crippen molar-refractivity contribution in [2.45, 2.75) is 46.0 Å². The Balaban J connectivity index is 1.61. The lowest BCUT2D eigenvalue weighted by Gasteiger charge is -2.22. The Kier molecular flexibility index (Phi) is 5.45. The lowest BCUT2D eigenvalue weighted by Crippen LogP contribution is -2.18. The summed E-state index contributed by atoms with van der Waals surface area (Å²) in [6, 6.07) is 16.0. The van der Waals surface area contributed by atoms with Crippen molar-refractivity contribution in [2.24, 2.45) is 0 Å². The first-order valence-electron chi connectivity index (χ1n) is 9.24. The lowest BCUT2D eigenvalue weighted by molar-refractivity contribution is -0.116. The molecule has 2 aromatic carbocycles. The molecule has 3 aromatic rings. The van der Waals surface area contributed by atoms with Gasteiger partial charge >= 0.3 is 0 Å². The highest BCUT2D eigenvalue weighted by atomic mass is 16.4. The first-order valence-corrected chi connectivity index (χ1v) is 9.24. The Morgan fingerprint density at radius 3 is 2.48 bits per heavy atom. The number of oxazole rings is 1. The van der Waals surface area contributed by atoms with E-state index in [1.807, 2.05) is 49.4 Å². The van der Waals surface area contributed by atoms with Crippen molar-refractivity contribution < 1.29 is 9.21 Å². The Morgan fingerprint density at radius 1 is 1.07 bits per heavy atom. The monoisotopic (exact) mass is 362 g/mol. The SMILES string of the molecule is Cc1ccc(-c2cnc(CCC(=O)Nc3ccccc3C(C)(C)C)o2)cc1. The van der Waals surface area contributed by atoms with E-state index < -0.39 is 0 Å². The summed E-state index contributed by atoms with van der Waals surface area (Å²) in [6.07, 6.45) is 2.51. The number of rotatable bonds is 5. The van der Waals surface area contributed by atoms with E-state index in [9.17, 15) is 4.79 Å². The molecule has 1 N–H and O–H groups in total. The molecule has 3 rings (SSSR count). The highest BCUT2D eigenvalue weighted by Crippen LogP contribution is 2.29. The maximum Gasteiger partial charge on any atom is 0.224 e. The van der Waals surface area contributed by atoms with Gasteiger partial charge in [0.1, 0.15) is 0 Å². The van der Waals surface area contributed by atoms with Crippen molar-refractivity contribution in [3.63, 3.8) is 0 Å². The number of hydrogen-bond acceptors (Lipinski definition) is 3. The van der Waals surface area contributed by atoms with Crippen LogP contribution in [0.4, 0.5) is 5.69 Å². The zero-order valence-electron chi connectivity index (χ0n) is 16.4. The molecular formula is C23H26N2O2. The van der Waals surface area contributed by atoms with Crippen LogP contribution in [0.2, 0.25) is 0 Å². The van der Waals surface area contributed by atoms with Crippen LogP contribution in [0.15, 0.2) is 59.1 Å². The van der Waals surface area contributed by atoms with Crippen molar-refractivity contribution in [2.75, 3.05) is 5.32 Å². The first kappa shape index (κ1) is 18.9. The molecule has 0 unspecified atom stereocenters. The molecule has 0 aliphatic carbocycles. The molecule has 4 heteroatoms. The fourth-order valence-corrected chi connectivity index (χ4v) is 2.96. The predicted molar refractivity (Wildman–Crippen MR) is 109 cm³/mol. The summed E-state index contributed by atoms with van der Waals surface area (Å²) in [5.41, 5.74) is 4.14. The summed E-state index contributed by atoms with van der Waals surface area (Å²) < 4.78 is 5.80. The molecule has 0 fully saturated rings. The second kappa shape index (κ2) is 7.78. The van der Waals surface area contributed by atoms with Gasteiger partial charge in [-0.15, -0.1) is 0 Å². The molecule has 1 amide bonds. The number of benzene rings is 2. The van der Waals surface area contributed by atoms with Gasteiger partial charge in [0.25, 0.3) is 0 Å². The molecule has 0 atom stereocenters. The van der Waals surface area contributed by atoms with Crippen LogP contribution in [0.5, 0.6) is 0 Å². The zero-order chi connectivity index (χ0) is 19.4. The average Bonchev–Trinajstić information content (AvgIpc) is 3.09. The van der Waals surface area contributed by atoms with E-state index in [0.717, 1.165) is 22.6 Å². The molecular weight excluding hydrogens is 336 g/mol. The van der Waals surface area contributed by atoms with Crippen LogP contribution < -0.4 is 5.32 Å². The maximum absolute atomic E-state index is 12.4. The molecule has 1 aromatic heterocycles. The van der Waals surface area contributed by atoms with Crippen LogP contribution in [0, 0.1) is 6.92 Å². The third kappa shape index (κ3) is 4.85. The van der Waals surface area contributed by atoms with Crippen LogP contribution in [-0.4, -0.2) is 10.9 Å². The van der Waals surface area contributed by atoms with Crippen molar-refractivity contribution in [1.29, 1.82) is 0 Å². The zero-order valence-corrected chi connectivity index (χ0v) is 16.4. The summed E-state index contributed by atoms with van der Waals surface area (Å²) in [7, 11) is 0. The number of nitrogens with zero attached hydrogens (tertiary/aromatic N) is 1. The number of aromatic nitrogens is 1. The molecule has 0 spiro atoms. The lowest BCUT2D eigenvalue weighted by atomic mass is 9.86. The summed E-state index contributed by atoms with van der Waals surface area (Å²) in [5.74, 6) is 1.26. The number of carbonyl (C=O) groups excluding carboxylic acids is 1. The van der Waals surface area contributed by atoms with Gasteiger partial charge in [-0.25, -0.2) is 4.98 Å². The number of anilines is 1. The van der Waals surface area contributed by atoms with E-state index in [1.165, 1.54) is 5.56 Å². The number of aryl methyl sites for hydroxylation is 2. The third-order valence-corrected chi connectivity index (χ3v) is 4.46. The number of nitrogens with one attached hydrogen (secondary N) is 1. The molecule has 0 bridgehead atoms.